The van der Waals surface area contributed by atoms with E-state index in [0.29, 0.717) is 17.1 Å². The van der Waals surface area contributed by atoms with E-state index in [-0.39, 0.29) is 29.2 Å². The summed E-state index contributed by atoms with van der Waals surface area (Å²) >= 11 is 0. The van der Waals surface area contributed by atoms with Crippen LogP contribution in [0.15, 0.2) is 60.2 Å². The fraction of sp³-hybridized carbons (Fsp3) is 0.292. The largest absolute Gasteiger partial charge is 0.478 e. The highest BCUT2D eigenvalue weighted by Gasteiger charge is 2.28. The Morgan fingerprint density at radius 3 is 1.88 bits per heavy atom. The van der Waals surface area contributed by atoms with Crippen LogP contribution in [-0.2, 0) is 24.0 Å². The quantitative estimate of drug-likeness (QED) is 0.491. The zero-order chi connectivity index (χ0) is 23.7. The van der Waals surface area contributed by atoms with Crippen LogP contribution in [0.5, 0.6) is 0 Å². The molecule has 0 atom stereocenters. The van der Waals surface area contributed by atoms with Crippen molar-refractivity contribution in [3.05, 3.63) is 65.8 Å². The van der Waals surface area contributed by atoms with Crippen molar-refractivity contribution < 1.29 is 29.1 Å². The molecule has 0 spiro atoms. The first-order chi connectivity index (χ1) is 15.2. The highest BCUT2D eigenvalue weighted by molar-refractivity contribution is 6.33. The SMILES string of the molecule is C=C(C)C(=O)O.O=C1C=C(C2CCCCC2)C(=O)N1.O=C1C=C(c2ccccc2)C(=O)N1. The number of carbonyl (C=O) groups excluding carboxylic acids is 4. The summed E-state index contributed by atoms with van der Waals surface area (Å²) in [5, 5.41) is 12.4. The first-order valence-corrected chi connectivity index (χ1v) is 10.3. The monoisotopic (exact) mass is 438 g/mol. The Morgan fingerprint density at radius 2 is 1.44 bits per heavy atom. The van der Waals surface area contributed by atoms with Crippen molar-refractivity contribution in [2.24, 2.45) is 5.92 Å². The van der Waals surface area contributed by atoms with Gasteiger partial charge in [-0.25, -0.2) is 4.79 Å². The second kappa shape index (κ2) is 11.5. The van der Waals surface area contributed by atoms with Crippen molar-refractivity contribution in [3.8, 4) is 0 Å². The minimum absolute atomic E-state index is 0.170. The molecule has 0 saturated heterocycles. The molecule has 2 heterocycles. The lowest BCUT2D eigenvalue weighted by atomic mass is 9.84. The summed E-state index contributed by atoms with van der Waals surface area (Å²) in [4.78, 5) is 53.8. The van der Waals surface area contributed by atoms with Gasteiger partial charge < -0.3 is 5.11 Å². The van der Waals surface area contributed by atoms with Crippen LogP contribution < -0.4 is 10.6 Å². The zero-order valence-electron chi connectivity index (χ0n) is 17.8. The van der Waals surface area contributed by atoms with E-state index in [1.165, 1.54) is 38.3 Å². The van der Waals surface area contributed by atoms with Gasteiger partial charge in [-0.15, -0.1) is 0 Å². The molecule has 3 aliphatic rings. The maximum Gasteiger partial charge on any atom is 0.330 e. The van der Waals surface area contributed by atoms with E-state index in [0.717, 1.165) is 18.4 Å². The van der Waals surface area contributed by atoms with Crippen LogP contribution in [0, 0.1) is 5.92 Å². The lowest BCUT2D eigenvalue weighted by Gasteiger charge is -2.21. The third kappa shape index (κ3) is 7.16. The number of nitrogens with one attached hydrogen (secondary N) is 2. The molecule has 1 aromatic rings. The summed E-state index contributed by atoms with van der Waals surface area (Å²) in [5.41, 5.74) is 2.09. The summed E-state index contributed by atoms with van der Waals surface area (Å²) in [5.74, 6) is -1.68. The maximum atomic E-state index is 11.3. The fourth-order valence-electron chi connectivity index (χ4n) is 3.39. The average Bonchev–Trinajstić information content (AvgIpc) is 3.29. The number of carboxylic acid groups (broad SMARTS) is 1. The van der Waals surface area contributed by atoms with Crippen molar-refractivity contribution >= 4 is 35.2 Å². The second-order valence-electron chi connectivity index (χ2n) is 7.58. The van der Waals surface area contributed by atoms with Gasteiger partial charge in [-0.1, -0.05) is 56.2 Å². The van der Waals surface area contributed by atoms with Gasteiger partial charge in [-0.3, -0.25) is 29.8 Å². The molecule has 0 aromatic heterocycles. The van der Waals surface area contributed by atoms with E-state index in [4.69, 9.17) is 5.11 Å². The van der Waals surface area contributed by atoms with Crippen LogP contribution in [0.25, 0.3) is 5.57 Å². The molecule has 0 bridgehead atoms. The molecule has 4 amide bonds. The number of imide groups is 2. The Labute approximate surface area is 186 Å². The number of hydrogen-bond donors (Lipinski definition) is 3. The van der Waals surface area contributed by atoms with Gasteiger partial charge in [-0.2, -0.15) is 0 Å². The minimum Gasteiger partial charge on any atom is -0.478 e. The number of benzene rings is 1. The lowest BCUT2D eigenvalue weighted by Crippen LogP contribution is -2.24. The van der Waals surface area contributed by atoms with E-state index < -0.39 is 5.97 Å². The first kappa shape index (κ1) is 24.5. The van der Waals surface area contributed by atoms with Crippen molar-refractivity contribution in [2.45, 2.75) is 39.0 Å². The predicted octanol–water partition coefficient (Wildman–Crippen LogP) is 2.52. The normalized spacial score (nSPS) is 17.7. The van der Waals surface area contributed by atoms with Gasteiger partial charge in [0.25, 0.3) is 23.6 Å². The van der Waals surface area contributed by atoms with Crippen LogP contribution in [-0.4, -0.2) is 34.7 Å². The Balaban J connectivity index is 0.000000183. The van der Waals surface area contributed by atoms with Gasteiger partial charge in [0.05, 0.1) is 5.57 Å². The van der Waals surface area contributed by atoms with Gasteiger partial charge in [0.2, 0.25) is 0 Å². The summed E-state index contributed by atoms with van der Waals surface area (Å²) in [6, 6.07) is 9.10. The molecule has 3 N–H and O–H groups in total. The molecular weight excluding hydrogens is 412 g/mol. The minimum atomic E-state index is -0.935. The molecule has 1 saturated carbocycles. The molecule has 1 aromatic carbocycles. The molecule has 32 heavy (non-hydrogen) atoms. The van der Waals surface area contributed by atoms with E-state index in [9.17, 15) is 24.0 Å². The van der Waals surface area contributed by atoms with Gasteiger partial charge in [0.1, 0.15) is 0 Å². The molecule has 1 fully saturated rings. The summed E-state index contributed by atoms with van der Waals surface area (Å²) in [6.07, 6.45) is 8.54. The predicted molar refractivity (Wildman–Crippen MR) is 118 cm³/mol. The number of carboxylic acids is 1. The van der Waals surface area contributed by atoms with Gasteiger partial charge in [0.15, 0.2) is 0 Å². The molecular formula is C24H26N2O6. The number of carbonyl (C=O) groups is 5. The highest BCUT2D eigenvalue weighted by atomic mass is 16.4. The van der Waals surface area contributed by atoms with Crippen molar-refractivity contribution in [2.75, 3.05) is 0 Å². The average molecular weight is 438 g/mol. The number of rotatable bonds is 3. The maximum absolute atomic E-state index is 11.3. The fourth-order valence-corrected chi connectivity index (χ4v) is 3.39. The topological polar surface area (TPSA) is 130 Å². The second-order valence-corrected chi connectivity index (χ2v) is 7.58. The zero-order valence-corrected chi connectivity index (χ0v) is 17.8. The number of amides is 4. The number of hydrogen-bond acceptors (Lipinski definition) is 5. The summed E-state index contributed by atoms with van der Waals surface area (Å²) < 4.78 is 0. The summed E-state index contributed by atoms with van der Waals surface area (Å²) in [6.45, 7) is 4.60. The Bertz CT molecular complexity index is 973. The van der Waals surface area contributed by atoms with Gasteiger partial charge in [0, 0.05) is 23.3 Å². The molecule has 8 heteroatoms. The van der Waals surface area contributed by atoms with Crippen LogP contribution in [0.4, 0.5) is 0 Å². The van der Waals surface area contributed by atoms with Crippen molar-refractivity contribution in [3.63, 3.8) is 0 Å². The van der Waals surface area contributed by atoms with Gasteiger partial charge >= 0.3 is 5.97 Å². The first-order valence-electron chi connectivity index (χ1n) is 10.3. The Hall–Kier alpha value is -3.81. The molecule has 1 aliphatic carbocycles. The van der Waals surface area contributed by atoms with E-state index in [1.807, 2.05) is 18.2 Å². The molecule has 0 unspecified atom stereocenters. The molecule has 4 rings (SSSR count). The van der Waals surface area contributed by atoms with Crippen LogP contribution >= 0.6 is 0 Å². The highest BCUT2D eigenvalue weighted by Crippen LogP contribution is 2.30. The smallest absolute Gasteiger partial charge is 0.330 e. The molecule has 168 valence electrons. The van der Waals surface area contributed by atoms with Crippen LogP contribution in [0.3, 0.4) is 0 Å². The number of aliphatic carboxylic acids is 1. The van der Waals surface area contributed by atoms with E-state index in [1.54, 1.807) is 12.1 Å². The van der Waals surface area contributed by atoms with Crippen LogP contribution in [0.2, 0.25) is 0 Å². The van der Waals surface area contributed by atoms with Gasteiger partial charge in [-0.05, 0) is 31.2 Å². The molecule has 2 aliphatic heterocycles. The molecule has 0 radical (unpaired) electrons. The third-order valence-electron chi connectivity index (χ3n) is 5.04. The lowest BCUT2D eigenvalue weighted by molar-refractivity contribution is -0.132. The summed E-state index contributed by atoms with van der Waals surface area (Å²) in [7, 11) is 0. The van der Waals surface area contributed by atoms with Crippen LogP contribution in [0.1, 0.15) is 44.6 Å². The molecule has 8 nitrogen and oxygen atoms in total. The Kier molecular flexibility index (Phi) is 8.83. The van der Waals surface area contributed by atoms with E-state index >= 15 is 0 Å². The standard InChI is InChI=1S/C10H13NO2.C10H7NO2.C4H6O2/c2*12-9-6-8(10(13)11-9)7-4-2-1-3-5-7;1-3(2)4(5)6/h6-7H,1-5H2,(H,11,12,13);1-6H,(H,11,12,13);1H2,2H3,(H,5,6). The van der Waals surface area contributed by atoms with Crippen molar-refractivity contribution in [1.29, 1.82) is 0 Å². The van der Waals surface area contributed by atoms with Crippen molar-refractivity contribution in [1.82, 2.24) is 10.6 Å². The third-order valence-corrected chi connectivity index (χ3v) is 5.04. The Morgan fingerprint density at radius 1 is 0.906 bits per heavy atom. The van der Waals surface area contributed by atoms with E-state index in [2.05, 4.69) is 17.2 Å².